The van der Waals surface area contributed by atoms with Crippen LogP contribution in [0.4, 0.5) is 0 Å². The Hall–Kier alpha value is -1.74. The number of rotatable bonds is 5. The first-order valence-electron chi connectivity index (χ1n) is 6.38. The number of hydrogen-bond donors (Lipinski definition) is 1. The minimum Gasteiger partial charge on any atom is -0.309 e. The van der Waals surface area contributed by atoms with Crippen molar-refractivity contribution in [3.63, 3.8) is 0 Å². The van der Waals surface area contributed by atoms with Crippen LogP contribution in [0.1, 0.15) is 36.1 Å². The third kappa shape index (κ3) is 2.93. The van der Waals surface area contributed by atoms with Crippen molar-refractivity contribution in [1.29, 1.82) is 0 Å². The fourth-order valence-corrected chi connectivity index (χ4v) is 2.16. The molecule has 2 rings (SSSR count). The fraction of sp³-hybridized carbons (Fsp3) is 0.333. The van der Waals surface area contributed by atoms with E-state index in [-0.39, 0.29) is 6.04 Å². The largest absolute Gasteiger partial charge is 0.309 e. The summed E-state index contributed by atoms with van der Waals surface area (Å²) in [5.41, 5.74) is 3.78. The second kappa shape index (κ2) is 6.26. The first-order chi connectivity index (χ1) is 8.85. The molecule has 0 saturated carbocycles. The molecule has 2 aromatic rings. The van der Waals surface area contributed by atoms with E-state index in [9.17, 15) is 0 Å². The Morgan fingerprint density at radius 2 is 1.83 bits per heavy atom. The van der Waals surface area contributed by atoms with E-state index in [0.717, 1.165) is 12.0 Å². The van der Waals surface area contributed by atoms with Crippen molar-refractivity contribution >= 4 is 0 Å². The molecule has 0 radical (unpaired) electrons. The Balaban J connectivity index is 2.23. The van der Waals surface area contributed by atoms with Gasteiger partial charge in [0.1, 0.15) is 0 Å². The SMILES string of the molecule is CCCc1ccc(C(NC)c2ccnnc2)cc1. The average Bonchev–Trinajstić information content (AvgIpc) is 2.43. The maximum absolute atomic E-state index is 3.94. The van der Waals surface area contributed by atoms with Gasteiger partial charge in [-0.1, -0.05) is 37.6 Å². The molecule has 1 unspecified atom stereocenters. The molecule has 0 aliphatic rings. The maximum Gasteiger partial charge on any atom is 0.0590 e. The van der Waals surface area contributed by atoms with Gasteiger partial charge in [-0.15, -0.1) is 0 Å². The van der Waals surface area contributed by atoms with Gasteiger partial charge in [-0.2, -0.15) is 10.2 Å². The van der Waals surface area contributed by atoms with Crippen molar-refractivity contribution < 1.29 is 0 Å². The monoisotopic (exact) mass is 241 g/mol. The van der Waals surface area contributed by atoms with E-state index in [1.807, 2.05) is 13.1 Å². The highest BCUT2D eigenvalue weighted by Gasteiger charge is 2.11. The van der Waals surface area contributed by atoms with Crippen LogP contribution >= 0.6 is 0 Å². The van der Waals surface area contributed by atoms with Crippen LogP contribution in [0.25, 0.3) is 0 Å². The summed E-state index contributed by atoms with van der Waals surface area (Å²) < 4.78 is 0. The zero-order valence-electron chi connectivity index (χ0n) is 10.9. The third-order valence-electron chi connectivity index (χ3n) is 3.08. The third-order valence-corrected chi connectivity index (χ3v) is 3.08. The zero-order valence-corrected chi connectivity index (χ0v) is 10.9. The highest BCUT2D eigenvalue weighted by Crippen LogP contribution is 2.21. The van der Waals surface area contributed by atoms with E-state index < -0.39 is 0 Å². The summed E-state index contributed by atoms with van der Waals surface area (Å²) in [6.07, 6.45) is 5.86. The highest BCUT2D eigenvalue weighted by atomic mass is 15.1. The number of nitrogens with zero attached hydrogens (tertiary/aromatic N) is 2. The van der Waals surface area contributed by atoms with Crippen LogP contribution in [0.3, 0.4) is 0 Å². The van der Waals surface area contributed by atoms with Crippen molar-refractivity contribution in [1.82, 2.24) is 15.5 Å². The molecule has 3 heteroatoms. The van der Waals surface area contributed by atoms with Gasteiger partial charge in [0.25, 0.3) is 0 Å². The molecular formula is C15H19N3. The van der Waals surface area contributed by atoms with E-state index in [0.29, 0.717) is 0 Å². The molecule has 3 nitrogen and oxygen atoms in total. The number of benzene rings is 1. The van der Waals surface area contributed by atoms with E-state index in [2.05, 4.69) is 46.7 Å². The molecule has 1 aromatic heterocycles. The Labute approximate surface area is 108 Å². The summed E-state index contributed by atoms with van der Waals surface area (Å²) in [6, 6.07) is 11.0. The standard InChI is InChI=1S/C15H19N3/c1-3-4-12-5-7-13(8-6-12)15(16-2)14-9-10-17-18-11-14/h5-11,15-16H,3-4H2,1-2H3. The minimum atomic E-state index is 0.177. The van der Waals surface area contributed by atoms with Crippen LogP contribution < -0.4 is 5.32 Å². The lowest BCUT2D eigenvalue weighted by Gasteiger charge is -2.16. The van der Waals surface area contributed by atoms with E-state index in [4.69, 9.17) is 0 Å². The van der Waals surface area contributed by atoms with Crippen LogP contribution in [0.2, 0.25) is 0 Å². The summed E-state index contributed by atoms with van der Waals surface area (Å²) in [4.78, 5) is 0. The molecule has 1 atom stereocenters. The van der Waals surface area contributed by atoms with Gasteiger partial charge in [-0.05, 0) is 36.2 Å². The molecule has 0 spiro atoms. The number of nitrogens with one attached hydrogen (secondary N) is 1. The lowest BCUT2D eigenvalue weighted by molar-refractivity contribution is 0.684. The molecule has 1 heterocycles. The first-order valence-corrected chi connectivity index (χ1v) is 6.38. The molecule has 94 valence electrons. The molecular weight excluding hydrogens is 222 g/mol. The minimum absolute atomic E-state index is 0.177. The summed E-state index contributed by atoms with van der Waals surface area (Å²) in [6.45, 7) is 2.20. The van der Waals surface area contributed by atoms with Crippen LogP contribution in [-0.2, 0) is 6.42 Å². The lowest BCUT2D eigenvalue weighted by atomic mass is 9.98. The number of hydrogen-bond acceptors (Lipinski definition) is 3. The molecule has 0 fully saturated rings. The molecule has 1 N–H and O–H groups in total. The molecule has 0 saturated heterocycles. The van der Waals surface area contributed by atoms with E-state index in [1.54, 1.807) is 12.4 Å². The van der Waals surface area contributed by atoms with Gasteiger partial charge in [0, 0.05) is 6.20 Å². The van der Waals surface area contributed by atoms with Crippen molar-refractivity contribution in [2.75, 3.05) is 7.05 Å². The topological polar surface area (TPSA) is 37.8 Å². The first kappa shape index (κ1) is 12.7. The van der Waals surface area contributed by atoms with Gasteiger partial charge >= 0.3 is 0 Å². The van der Waals surface area contributed by atoms with Crippen molar-refractivity contribution in [3.05, 3.63) is 59.4 Å². The molecule has 0 aliphatic heterocycles. The smallest absolute Gasteiger partial charge is 0.0590 e. The van der Waals surface area contributed by atoms with Crippen LogP contribution in [-0.4, -0.2) is 17.2 Å². The van der Waals surface area contributed by atoms with Crippen molar-refractivity contribution in [3.8, 4) is 0 Å². The van der Waals surface area contributed by atoms with Crippen LogP contribution in [0.5, 0.6) is 0 Å². The van der Waals surface area contributed by atoms with Gasteiger partial charge in [-0.3, -0.25) is 0 Å². The Morgan fingerprint density at radius 1 is 1.06 bits per heavy atom. The summed E-state index contributed by atoms with van der Waals surface area (Å²) in [5, 5.41) is 11.1. The van der Waals surface area contributed by atoms with Crippen molar-refractivity contribution in [2.24, 2.45) is 0 Å². The maximum atomic E-state index is 3.94. The number of aromatic nitrogens is 2. The van der Waals surface area contributed by atoms with Gasteiger partial charge in [0.05, 0.1) is 12.2 Å². The van der Waals surface area contributed by atoms with E-state index in [1.165, 1.54) is 17.5 Å². The molecule has 0 aliphatic carbocycles. The van der Waals surface area contributed by atoms with Crippen molar-refractivity contribution in [2.45, 2.75) is 25.8 Å². The summed E-state index contributed by atoms with van der Waals surface area (Å²) in [5.74, 6) is 0. The second-order valence-electron chi connectivity index (χ2n) is 4.39. The lowest BCUT2D eigenvalue weighted by Crippen LogP contribution is -2.17. The fourth-order valence-electron chi connectivity index (χ4n) is 2.16. The summed E-state index contributed by atoms with van der Waals surface area (Å²) >= 11 is 0. The Morgan fingerprint density at radius 3 is 2.39 bits per heavy atom. The predicted octanol–water partition coefficient (Wildman–Crippen LogP) is 2.74. The quantitative estimate of drug-likeness (QED) is 0.874. The molecule has 0 amide bonds. The van der Waals surface area contributed by atoms with Gasteiger partial charge in [-0.25, -0.2) is 0 Å². The Kier molecular flexibility index (Phi) is 4.42. The average molecular weight is 241 g/mol. The highest BCUT2D eigenvalue weighted by molar-refractivity contribution is 5.31. The second-order valence-corrected chi connectivity index (χ2v) is 4.39. The van der Waals surface area contributed by atoms with E-state index >= 15 is 0 Å². The van der Waals surface area contributed by atoms with Gasteiger partial charge < -0.3 is 5.32 Å². The van der Waals surface area contributed by atoms with Crippen LogP contribution in [0, 0.1) is 0 Å². The molecule has 1 aromatic carbocycles. The van der Waals surface area contributed by atoms with Gasteiger partial charge in [0.2, 0.25) is 0 Å². The Bertz CT molecular complexity index is 465. The normalized spacial score (nSPS) is 12.3. The zero-order chi connectivity index (χ0) is 12.8. The summed E-state index contributed by atoms with van der Waals surface area (Å²) in [7, 11) is 1.96. The predicted molar refractivity (Wildman–Crippen MR) is 73.4 cm³/mol. The molecule has 0 bridgehead atoms. The number of aryl methyl sites for hydroxylation is 1. The molecule has 18 heavy (non-hydrogen) atoms. The van der Waals surface area contributed by atoms with Gasteiger partial charge in [0.15, 0.2) is 0 Å². The van der Waals surface area contributed by atoms with Crippen LogP contribution in [0.15, 0.2) is 42.7 Å².